The van der Waals surface area contributed by atoms with E-state index in [0.717, 1.165) is 29.2 Å². The van der Waals surface area contributed by atoms with Gasteiger partial charge in [0.1, 0.15) is 14.3 Å². The van der Waals surface area contributed by atoms with E-state index in [-0.39, 0.29) is 5.41 Å². The zero-order chi connectivity index (χ0) is 15.5. The van der Waals surface area contributed by atoms with Gasteiger partial charge in [-0.05, 0) is 34.9 Å². The summed E-state index contributed by atoms with van der Waals surface area (Å²) in [5.41, 5.74) is 1.82. The van der Waals surface area contributed by atoms with Gasteiger partial charge in [0.05, 0.1) is 0 Å². The van der Waals surface area contributed by atoms with Crippen LogP contribution in [0.5, 0.6) is 5.75 Å². The van der Waals surface area contributed by atoms with Gasteiger partial charge in [-0.15, -0.1) is 0 Å². The first-order valence-electron chi connectivity index (χ1n) is 6.91. The highest BCUT2D eigenvalue weighted by Gasteiger charge is 2.27. The molecule has 0 amide bonds. The van der Waals surface area contributed by atoms with Crippen LogP contribution in [0, 0.1) is 5.41 Å². The molecule has 0 spiro atoms. The van der Waals surface area contributed by atoms with E-state index in [2.05, 4.69) is 60.6 Å². The molecule has 0 bridgehead atoms. The second-order valence-electron chi connectivity index (χ2n) is 6.98. The van der Waals surface area contributed by atoms with Gasteiger partial charge in [0.15, 0.2) is 8.52 Å². The summed E-state index contributed by atoms with van der Waals surface area (Å²) >= 11 is 0. The molecule has 0 saturated carbocycles. The summed E-state index contributed by atoms with van der Waals surface area (Å²) in [6, 6.07) is 8.41. The fraction of sp³-hybridized carbons (Fsp3) is 0.571. The van der Waals surface area contributed by atoms with Crippen molar-refractivity contribution in [1.29, 1.82) is 0 Å². The normalized spacial score (nSPS) is 20.3. The maximum Gasteiger partial charge on any atom is 0.311 e. The molecular formula is C14H22N3OP3. The summed E-state index contributed by atoms with van der Waals surface area (Å²) in [5.74, 6) is 0.861. The zero-order valence-corrected chi connectivity index (χ0v) is 15.8. The Morgan fingerprint density at radius 2 is 1.81 bits per heavy atom. The Hall–Kier alpha value is -0.390. The highest BCUT2D eigenvalue weighted by atomic mass is 31.2. The molecule has 0 saturated heterocycles. The Kier molecular flexibility index (Phi) is 5.49. The van der Waals surface area contributed by atoms with Gasteiger partial charge in [-0.25, -0.2) is 0 Å². The summed E-state index contributed by atoms with van der Waals surface area (Å²) in [6.45, 7) is 11.5. The van der Waals surface area contributed by atoms with Crippen molar-refractivity contribution in [1.82, 2.24) is 4.86 Å². The Bertz CT molecular complexity index is 535. The second kappa shape index (κ2) is 6.80. The first-order valence-corrected chi connectivity index (χ1v) is 9.77. The molecule has 21 heavy (non-hydrogen) atoms. The van der Waals surface area contributed by atoms with E-state index in [9.17, 15) is 0 Å². The summed E-state index contributed by atoms with van der Waals surface area (Å²) in [7, 11) is 0.652. The second-order valence-corrected chi connectivity index (χ2v) is 10.3. The smallest absolute Gasteiger partial charge is 0.311 e. The van der Waals surface area contributed by atoms with Crippen molar-refractivity contribution in [3.05, 3.63) is 29.8 Å². The van der Waals surface area contributed by atoms with Gasteiger partial charge in [0.25, 0.3) is 0 Å². The molecule has 1 aliphatic rings. The minimum atomic E-state index is -0.951. The zero-order valence-electron chi connectivity index (χ0n) is 13.2. The standard InChI is InChI=1S/C14H22N3OP3/c1-13(2,3)10-14(4,5)11-6-8-12(9-7-11)18-21-16-19-15-20-17-21/h6-9H,10H2,1-5H3,(H,15,16,17). The van der Waals surface area contributed by atoms with Gasteiger partial charge in [-0.3, -0.25) is 0 Å². The molecule has 1 N–H and O–H groups in total. The van der Waals surface area contributed by atoms with Crippen LogP contribution in [0.4, 0.5) is 0 Å². The number of rotatable bonds is 4. The SMILES string of the molecule is CC(C)(C)CC(C)(C)c1ccc(OP2N=PN=PN2)cc1. The molecular weight excluding hydrogens is 319 g/mol. The van der Waals surface area contributed by atoms with Crippen molar-refractivity contribution < 1.29 is 4.52 Å². The molecule has 0 fully saturated rings. The topological polar surface area (TPSA) is 46.0 Å². The lowest BCUT2D eigenvalue weighted by atomic mass is 9.72. The fourth-order valence-corrected chi connectivity index (χ4v) is 5.58. The van der Waals surface area contributed by atoms with E-state index in [4.69, 9.17) is 4.52 Å². The van der Waals surface area contributed by atoms with Crippen molar-refractivity contribution in [2.45, 2.75) is 46.5 Å². The molecule has 7 heteroatoms. The molecule has 0 aromatic heterocycles. The van der Waals surface area contributed by atoms with Gasteiger partial charge < -0.3 is 4.52 Å². The van der Waals surface area contributed by atoms with Gasteiger partial charge in [0, 0.05) is 0 Å². The largest absolute Gasteiger partial charge is 0.439 e. The minimum absolute atomic E-state index is 0.158. The van der Waals surface area contributed by atoms with Crippen LogP contribution in [0.1, 0.15) is 46.6 Å². The predicted octanol–water partition coefficient (Wildman–Crippen LogP) is 6.70. The lowest BCUT2D eigenvalue weighted by Gasteiger charge is -2.33. The van der Waals surface area contributed by atoms with Crippen LogP contribution < -0.4 is 9.38 Å². The third kappa shape index (κ3) is 5.38. The van der Waals surface area contributed by atoms with Gasteiger partial charge >= 0.3 is 8.45 Å². The first kappa shape index (κ1) is 17.0. The molecule has 1 atom stereocenters. The van der Waals surface area contributed by atoms with Crippen LogP contribution >= 0.6 is 25.5 Å². The van der Waals surface area contributed by atoms with Gasteiger partial charge in [-0.1, -0.05) is 46.8 Å². The van der Waals surface area contributed by atoms with Gasteiger partial charge in [0.2, 0.25) is 0 Å². The average molecular weight is 341 g/mol. The molecule has 1 unspecified atom stereocenters. The number of nitrogens with zero attached hydrogens (tertiary/aromatic N) is 2. The fourth-order valence-electron chi connectivity index (χ4n) is 2.69. The van der Waals surface area contributed by atoms with E-state index < -0.39 is 8.45 Å². The number of hydrogen-bond acceptors (Lipinski definition) is 4. The highest BCUT2D eigenvalue weighted by Crippen LogP contribution is 2.45. The van der Waals surface area contributed by atoms with E-state index in [1.165, 1.54) is 5.56 Å². The lowest BCUT2D eigenvalue weighted by Crippen LogP contribution is -2.24. The third-order valence-corrected chi connectivity index (χ3v) is 6.21. The number of nitrogens with one attached hydrogen (secondary N) is 1. The van der Waals surface area contributed by atoms with Crippen molar-refractivity contribution >= 4 is 25.5 Å². The lowest BCUT2D eigenvalue weighted by molar-refractivity contribution is 0.284. The number of hydrogen-bond donors (Lipinski definition) is 1. The monoisotopic (exact) mass is 341 g/mol. The Morgan fingerprint density at radius 1 is 1.14 bits per heavy atom. The third-order valence-electron chi connectivity index (χ3n) is 3.14. The van der Waals surface area contributed by atoms with Crippen LogP contribution in [-0.4, -0.2) is 0 Å². The van der Waals surface area contributed by atoms with Crippen LogP contribution in [0.25, 0.3) is 0 Å². The summed E-state index contributed by atoms with van der Waals surface area (Å²) in [5, 5.41) is 0. The highest BCUT2D eigenvalue weighted by molar-refractivity contribution is 7.64. The van der Waals surface area contributed by atoms with Crippen LogP contribution in [-0.2, 0) is 5.41 Å². The minimum Gasteiger partial charge on any atom is -0.439 e. The molecule has 2 rings (SSSR count). The van der Waals surface area contributed by atoms with E-state index in [1.54, 1.807) is 0 Å². The van der Waals surface area contributed by atoms with Crippen LogP contribution in [0.2, 0.25) is 0 Å². The van der Waals surface area contributed by atoms with Gasteiger partial charge in [-0.2, -0.15) is 13.9 Å². The summed E-state index contributed by atoms with van der Waals surface area (Å²) < 4.78 is 14.2. The quantitative estimate of drug-likeness (QED) is 0.619. The Balaban J connectivity index is 2.04. The van der Waals surface area contributed by atoms with Crippen molar-refractivity contribution in [3.8, 4) is 5.75 Å². The molecule has 1 aromatic carbocycles. The maximum atomic E-state index is 5.84. The van der Waals surface area contributed by atoms with Crippen molar-refractivity contribution in [2.24, 2.45) is 14.4 Å². The molecule has 1 heterocycles. The molecule has 1 aliphatic heterocycles. The number of benzene rings is 1. The van der Waals surface area contributed by atoms with Crippen LogP contribution in [0.3, 0.4) is 0 Å². The van der Waals surface area contributed by atoms with E-state index >= 15 is 0 Å². The molecule has 0 aliphatic carbocycles. The predicted molar refractivity (Wildman–Crippen MR) is 92.9 cm³/mol. The molecule has 4 nitrogen and oxygen atoms in total. The van der Waals surface area contributed by atoms with Crippen molar-refractivity contribution in [2.75, 3.05) is 0 Å². The van der Waals surface area contributed by atoms with E-state index in [1.807, 2.05) is 12.1 Å². The first-order chi connectivity index (χ1) is 9.76. The Morgan fingerprint density at radius 3 is 2.33 bits per heavy atom. The summed E-state index contributed by atoms with van der Waals surface area (Å²) in [4.78, 5) is 3.12. The Labute approximate surface area is 131 Å². The summed E-state index contributed by atoms with van der Waals surface area (Å²) in [6.07, 6.45) is 1.14. The van der Waals surface area contributed by atoms with Crippen molar-refractivity contribution in [3.63, 3.8) is 0 Å². The van der Waals surface area contributed by atoms with Crippen LogP contribution in [0.15, 0.2) is 33.3 Å². The maximum absolute atomic E-state index is 5.84. The molecule has 0 radical (unpaired) electrons. The molecule has 1 aromatic rings. The molecule has 114 valence electrons. The average Bonchev–Trinajstić information content (AvgIpc) is 2.38. The van der Waals surface area contributed by atoms with E-state index in [0.29, 0.717) is 5.41 Å².